The van der Waals surface area contributed by atoms with Gasteiger partial charge in [0.1, 0.15) is 5.75 Å². The number of methoxy groups -OCH3 is 1. The third-order valence-corrected chi connectivity index (χ3v) is 5.58. The summed E-state index contributed by atoms with van der Waals surface area (Å²) >= 11 is 3.63. The second-order valence-electron chi connectivity index (χ2n) is 6.57. The van der Waals surface area contributed by atoms with E-state index >= 15 is 0 Å². The normalized spacial score (nSPS) is 26.2. The van der Waals surface area contributed by atoms with Gasteiger partial charge in [-0.25, -0.2) is 0 Å². The smallest absolute Gasteiger partial charge is 0.133 e. The van der Waals surface area contributed by atoms with E-state index in [0.717, 1.165) is 22.8 Å². The van der Waals surface area contributed by atoms with E-state index in [0.29, 0.717) is 12.0 Å². The van der Waals surface area contributed by atoms with E-state index in [1.165, 1.54) is 31.6 Å². The predicted octanol–water partition coefficient (Wildman–Crippen LogP) is 3.77. The monoisotopic (exact) mass is 352 g/mol. The molecule has 2 aliphatic rings. The molecule has 3 nitrogen and oxygen atoms in total. The van der Waals surface area contributed by atoms with E-state index in [1.807, 2.05) is 0 Å². The van der Waals surface area contributed by atoms with E-state index in [2.05, 4.69) is 57.8 Å². The van der Waals surface area contributed by atoms with Crippen molar-refractivity contribution in [3.05, 3.63) is 22.7 Å². The minimum atomic E-state index is 0.597. The first-order chi connectivity index (χ1) is 10.1. The fourth-order valence-electron chi connectivity index (χ4n) is 3.75. The van der Waals surface area contributed by atoms with Gasteiger partial charge in [-0.1, -0.05) is 13.8 Å². The molecule has 0 aromatic heterocycles. The zero-order chi connectivity index (χ0) is 15.0. The second-order valence-corrected chi connectivity index (χ2v) is 7.43. The van der Waals surface area contributed by atoms with Crippen molar-refractivity contribution in [2.75, 3.05) is 31.6 Å². The lowest BCUT2D eigenvalue weighted by molar-refractivity contribution is 0.176. The molecular formula is C17H25BrN2O. The molecule has 0 spiro atoms. The second kappa shape index (κ2) is 6.17. The van der Waals surface area contributed by atoms with Gasteiger partial charge < -0.3 is 9.64 Å². The molecule has 0 saturated carbocycles. The molecule has 2 unspecified atom stereocenters. The summed E-state index contributed by atoms with van der Waals surface area (Å²) in [4.78, 5) is 5.31. The third-order valence-electron chi connectivity index (χ3n) is 4.96. The maximum atomic E-state index is 5.36. The molecule has 21 heavy (non-hydrogen) atoms. The number of hydrogen-bond donors (Lipinski definition) is 0. The van der Waals surface area contributed by atoms with Crippen LogP contribution >= 0.6 is 15.9 Å². The molecule has 0 radical (unpaired) electrons. The highest BCUT2D eigenvalue weighted by Crippen LogP contribution is 2.35. The maximum absolute atomic E-state index is 5.36. The van der Waals surface area contributed by atoms with Gasteiger partial charge in [-0.15, -0.1) is 0 Å². The van der Waals surface area contributed by atoms with Crippen LogP contribution in [0.4, 0.5) is 5.69 Å². The summed E-state index contributed by atoms with van der Waals surface area (Å²) in [5.74, 6) is 1.56. The van der Waals surface area contributed by atoms with Crippen LogP contribution in [0.3, 0.4) is 0 Å². The Labute approximate surface area is 136 Å². The van der Waals surface area contributed by atoms with Crippen LogP contribution in [-0.2, 0) is 0 Å². The highest BCUT2D eigenvalue weighted by molar-refractivity contribution is 9.10. The Morgan fingerprint density at radius 1 is 1.29 bits per heavy atom. The van der Waals surface area contributed by atoms with E-state index < -0.39 is 0 Å². The minimum absolute atomic E-state index is 0.597. The van der Waals surface area contributed by atoms with Crippen molar-refractivity contribution in [2.45, 2.75) is 38.8 Å². The number of hydrogen-bond acceptors (Lipinski definition) is 3. The van der Waals surface area contributed by atoms with Crippen LogP contribution in [0.5, 0.6) is 5.75 Å². The summed E-state index contributed by atoms with van der Waals surface area (Å²) in [6.45, 7) is 8.32. The molecule has 2 saturated heterocycles. The van der Waals surface area contributed by atoms with Gasteiger partial charge in [-0.3, -0.25) is 4.90 Å². The van der Waals surface area contributed by atoms with Crippen LogP contribution in [0.25, 0.3) is 0 Å². The summed E-state index contributed by atoms with van der Waals surface area (Å²) in [7, 11) is 1.72. The van der Waals surface area contributed by atoms with Crippen molar-refractivity contribution in [1.82, 2.24) is 4.90 Å². The van der Waals surface area contributed by atoms with Crippen LogP contribution in [0.1, 0.15) is 26.7 Å². The molecule has 3 rings (SSSR count). The molecule has 0 bridgehead atoms. The lowest BCUT2D eigenvalue weighted by atomic mass is 9.96. The molecule has 0 amide bonds. The van der Waals surface area contributed by atoms with Gasteiger partial charge in [0.15, 0.2) is 0 Å². The number of rotatable bonds is 3. The molecule has 2 atom stereocenters. The Bertz CT molecular complexity index is 506. The first-order valence-electron chi connectivity index (χ1n) is 7.94. The predicted molar refractivity (Wildman–Crippen MR) is 91.3 cm³/mol. The van der Waals surface area contributed by atoms with Gasteiger partial charge in [0.05, 0.1) is 11.6 Å². The van der Waals surface area contributed by atoms with Gasteiger partial charge in [0, 0.05) is 30.9 Å². The van der Waals surface area contributed by atoms with Crippen molar-refractivity contribution in [2.24, 2.45) is 5.92 Å². The fraction of sp³-hybridized carbons (Fsp3) is 0.647. The van der Waals surface area contributed by atoms with Crippen LogP contribution in [0.15, 0.2) is 22.7 Å². The topological polar surface area (TPSA) is 15.7 Å². The summed E-state index contributed by atoms with van der Waals surface area (Å²) in [5, 5.41) is 0. The largest absolute Gasteiger partial charge is 0.496 e. The number of piperazine rings is 1. The van der Waals surface area contributed by atoms with Crippen LogP contribution < -0.4 is 9.64 Å². The number of halogens is 1. The number of benzene rings is 1. The van der Waals surface area contributed by atoms with Crippen molar-refractivity contribution in [3.8, 4) is 5.75 Å². The van der Waals surface area contributed by atoms with E-state index in [1.54, 1.807) is 7.11 Å². The highest BCUT2D eigenvalue weighted by atomic mass is 79.9. The Morgan fingerprint density at radius 2 is 2.10 bits per heavy atom. The lowest BCUT2D eigenvalue weighted by Gasteiger charge is -2.47. The zero-order valence-corrected chi connectivity index (χ0v) is 14.8. The van der Waals surface area contributed by atoms with Crippen LogP contribution in [-0.4, -0.2) is 43.7 Å². The van der Waals surface area contributed by atoms with Crippen LogP contribution in [0.2, 0.25) is 0 Å². The van der Waals surface area contributed by atoms with Gasteiger partial charge in [0.25, 0.3) is 0 Å². The van der Waals surface area contributed by atoms with Gasteiger partial charge in [-0.2, -0.15) is 0 Å². The van der Waals surface area contributed by atoms with Gasteiger partial charge >= 0.3 is 0 Å². The number of nitrogens with zero attached hydrogens (tertiary/aromatic N) is 2. The first-order valence-corrected chi connectivity index (χ1v) is 8.73. The van der Waals surface area contributed by atoms with Crippen LogP contribution in [0, 0.1) is 5.92 Å². The van der Waals surface area contributed by atoms with Gasteiger partial charge in [-0.05, 0) is 59.4 Å². The SMILES string of the molecule is COc1ccc(N2CC3CCCN3CC2C(C)C)cc1Br. The standard InChI is InChI=1S/C17H25BrN2O/c1-12(2)16-11-19-8-4-5-14(19)10-20(16)13-6-7-17(21-3)15(18)9-13/h6-7,9,12,14,16H,4-5,8,10-11H2,1-3H3. The average molecular weight is 353 g/mol. The lowest BCUT2D eigenvalue weighted by Crippen LogP contribution is -2.58. The first kappa shape index (κ1) is 15.2. The van der Waals surface area contributed by atoms with Gasteiger partial charge in [0.2, 0.25) is 0 Å². The Hall–Kier alpha value is -0.740. The molecule has 0 aliphatic carbocycles. The minimum Gasteiger partial charge on any atom is -0.496 e. The van der Waals surface area contributed by atoms with Crippen molar-refractivity contribution >= 4 is 21.6 Å². The third kappa shape index (κ3) is 2.93. The van der Waals surface area contributed by atoms with E-state index in [-0.39, 0.29) is 0 Å². The van der Waals surface area contributed by atoms with Crippen molar-refractivity contribution < 1.29 is 4.74 Å². The molecule has 1 aromatic rings. The zero-order valence-electron chi connectivity index (χ0n) is 13.2. The van der Waals surface area contributed by atoms with Crippen molar-refractivity contribution in [3.63, 3.8) is 0 Å². The molecular weight excluding hydrogens is 328 g/mol. The fourth-order valence-corrected chi connectivity index (χ4v) is 4.27. The number of anilines is 1. The Kier molecular flexibility index (Phi) is 4.46. The quantitative estimate of drug-likeness (QED) is 0.823. The molecule has 0 N–H and O–H groups in total. The molecule has 2 fully saturated rings. The molecule has 116 valence electrons. The van der Waals surface area contributed by atoms with E-state index in [4.69, 9.17) is 4.74 Å². The number of ether oxygens (including phenoxy) is 1. The summed E-state index contributed by atoms with van der Waals surface area (Å²) in [6.07, 6.45) is 2.70. The summed E-state index contributed by atoms with van der Waals surface area (Å²) in [6, 6.07) is 7.81. The molecule has 2 heterocycles. The van der Waals surface area contributed by atoms with Crippen molar-refractivity contribution in [1.29, 1.82) is 0 Å². The average Bonchev–Trinajstić information content (AvgIpc) is 2.93. The van der Waals surface area contributed by atoms with E-state index in [9.17, 15) is 0 Å². The Morgan fingerprint density at radius 3 is 2.76 bits per heavy atom. The number of fused-ring (bicyclic) bond motifs is 1. The summed E-state index contributed by atoms with van der Waals surface area (Å²) in [5.41, 5.74) is 1.31. The summed E-state index contributed by atoms with van der Waals surface area (Å²) < 4.78 is 6.40. The highest BCUT2D eigenvalue weighted by Gasteiger charge is 2.37. The Balaban J connectivity index is 1.88. The molecule has 1 aromatic carbocycles. The maximum Gasteiger partial charge on any atom is 0.133 e. The molecule has 2 aliphatic heterocycles. The molecule has 4 heteroatoms.